The number of nitrogens with one attached hydrogen (secondary N) is 2. The molecule has 0 aliphatic rings. The third-order valence-corrected chi connectivity index (χ3v) is 3.80. The highest BCUT2D eigenvalue weighted by Gasteiger charge is 2.04. The Hall–Kier alpha value is -2.81. The Balaban J connectivity index is 1.58. The second-order valence-electron chi connectivity index (χ2n) is 5.65. The normalized spacial score (nSPS) is 10.5. The Morgan fingerprint density at radius 2 is 1.74 bits per heavy atom. The van der Waals surface area contributed by atoms with Crippen molar-refractivity contribution >= 4 is 22.4 Å². The largest absolute Gasteiger partial charge is 0.376 e. The molecular formula is C20H20N2O. The third kappa shape index (κ3) is 3.89. The molecule has 0 bridgehead atoms. The first kappa shape index (κ1) is 15.1. The molecule has 0 saturated carbocycles. The molecule has 3 aromatic carbocycles. The quantitative estimate of drug-likeness (QED) is 0.751. The summed E-state index contributed by atoms with van der Waals surface area (Å²) in [6, 6.07) is 22.4. The number of rotatable bonds is 5. The Kier molecular flexibility index (Phi) is 4.57. The van der Waals surface area contributed by atoms with Crippen LogP contribution in [-0.2, 0) is 11.3 Å². The Morgan fingerprint density at radius 1 is 0.957 bits per heavy atom. The van der Waals surface area contributed by atoms with E-state index < -0.39 is 0 Å². The van der Waals surface area contributed by atoms with E-state index in [9.17, 15) is 4.79 Å². The van der Waals surface area contributed by atoms with Crippen molar-refractivity contribution < 1.29 is 4.79 Å². The number of anilines is 1. The van der Waals surface area contributed by atoms with E-state index in [1.165, 1.54) is 5.56 Å². The molecule has 0 heterocycles. The standard InChI is InChI=1S/C20H20N2O/c1-15-6-4-7-16(12-15)13-22-20(23)14-21-19-11-5-9-17-8-2-3-10-18(17)19/h2-12,21H,13-14H2,1H3,(H,22,23). The lowest BCUT2D eigenvalue weighted by Gasteiger charge is -2.10. The van der Waals surface area contributed by atoms with Gasteiger partial charge in [-0.15, -0.1) is 0 Å². The van der Waals surface area contributed by atoms with Crippen molar-refractivity contribution in [2.45, 2.75) is 13.5 Å². The van der Waals surface area contributed by atoms with E-state index in [1.807, 2.05) is 49.4 Å². The fourth-order valence-corrected chi connectivity index (χ4v) is 2.64. The number of carbonyl (C=O) groups excluding carboxylic acids is 1. The average molecular weight is 304 g/mol. The maximum Gasteiger partial charge on any atom is 0.239 e. The first-order valence-corrected chi connectivity index (χ1v) is 7.76. The van der Waals surface area contributed by atoms with Gasteiger partial charge in [-0.1, -0.05) is 66.2 Å². The smallest absolute Gasteiger partial charge is 0.239 e. The second-order valence-corrected chi connectivity index (χ2v) is 5.65. The van der Waals surface area contributed by atoms with Gasteiger partial charge in [0.25, 0.3) is 0 Å². The molecule has 0 saturated heterocycles. The molecule has 0 radical (unpaired) electrons. The van der Waals surface area contributed by atoms with Gasteiger partial charge in [0.2, 0.25) is 5.91 Å². The van der Waals surface area contributed by atoms with Crippen molar-refractivity contribution in [1.29, 1.82) is 0 Å². The average Bonchev–Trinajstić information content (AvgIpc) is 2.58. The third-order valence-electron chi connectivity index (χ3n) is 3.80. The Bertz CT molecular complexity index is 821. The molecule has 0 aliphatic heterocycles. The minimum Gasteiger partial charge on any atom is -0.376 e. The first-order valence-electron chi connectivity index (χ1n) is 7.76. The zero-order chi connectivity index (χ0) is 16.1. The van der Waals surface area contributed by atoms with Gasteiger partial charge in [-0.05, 0) is 23.9 Å². The van der Waals surface area contributed by atoms with Crippen molar-refractivity contribution in [2.24, 2.45) is 0 Å². The van der Waals surface area contributed by atoms with E-state index in [4.69, 9.17) is 0 Å². The Morgan fingerprint density at radius 3 is 2.61 bits per heavy atom. The van der Waals surface area contributed by atoms with Gasteiger partial charge in [0.15, 0.2) is 0 Å². The summed E-state index contributed by atoms with van der Waals surface area (Å²) in [5.41, 5.74) is 3.29. The molecule has 0 unspecified atom stereocenters. The second kappa shape index (κ2) is 6.97. The van der Waals surface area contributed by atoms with Crippen molar-refractivity contribution in [3.05, 3.63) is 77.9 Å². The van der Waals surface area contributed by atoms with Crippen molar-refractivity contribution in [3.8, 4) is 0 Å². The van der Waals surface area contributed by atoms with Crippen molar-refractivity contribution in [3.63, 3.8) is 0 Å². The van der Waals surface area contributed by atoms with Crippen LogP contribution in [0.2, 0.25) is 0 Å². The molecule has 23 heavy (non-hydrogen) atoms. The summed E-state index contributed by atoms with van der Waals surface area (Å²) in [6.07, 6.45) is 0. The lowest BCUT2D eigenvalue weighted by atomic mass is 10.1. The zero-order valence-electron chi connectivity index (χ0n) is 13.2. The fourth-order valence-electron chi connectivity index (χ4n) is 2.64. The highest BCUT2D eigenvalue weighted by atomic mass is 16.1. The molecular weight excluding hydrogens is 284 g/mol. The molecule has 3 aromatic rings. The number of benzene rings is 3. The van der Waals surface area contributed by atoms with Crippen LogP contribution in [0.4, 0.5) is 5.69 Å². The summed E-state index contributed by atoms with van der Waals surface area (Å²) >= 11 is 0. The number of hydrogen-bond acceptors (Lipinski definition) is 2. The molecule has 3 heteroatoms. The molecule has 0 spiro atoms. The Labute approximate surface area is 136 Å². The topological polar surface area (TPSA) is 41.1 Å². The van der Waals surface area contributed by atoms with Gasteiger partial charge < -0.3 is 10.6 Å². The van der Waals surface area contributed by atoms with Gasteiger partial charge in [0, 0.05) is 17.6 Å². The van der Waals surface area contributed by atoms with E-state index in [-0.39, 0.29) is 12.5 Å². The minimum atomic E-state index is -0.0144. The van der Waals surface area contributed by atoms with Gasteiger partial charge in [0.1, 0.15) is 0 Å². The van der Waals surface area contributed by atoms with Crippen LogP contribution in [-0.4, -0.2) is 12.5 Å². The molecule has 3 rings (SSSR count). The number of hydrogen-bond donors (Lipinski definition) is 2. The van der Waals surface area contributed by atoms with E-state index in [0.717, 1.165) is 22.0 Å². The fraction of sp³-hybridized carbons (Fsp3) is 0.150. The van der Waals surface area contributed by atoms with Gasteiger partial charge in [-0.2, -0.15) is 0 Å². The summed E-state index contributed by atoms with van der Waals surface area (Å²) in [5.74, 6) is -0.0144. The van der Waals surface area contributed by atoms with Crippen molar-refractivity contribution in [1.82, 2.24) is 5.32 Å². The molecule has 0 atom stereocenters. The van der Waals surface area contributed by atoms with Crippen LogP contribution in [0.25, 0.3) is 10.8 Å². The number of fused-ring (bicyclic) bond motifs is 1. The van der Waals surface area contributed by atoms with Crippen LogP contribution < -0.4 is 10.6 Å². The predicted octanol–water partition coefficient (Wildman–Crippen LogP) is 3.88. The molecule has 1 amide bonds. The van der Waals surface area contributed by atoms with Crippen LogP contribution in [0.15, 0.2) is 66.7 Å². The van der Waals surface area contributed by atoms with E-state index in [1.54, 1.807) is 0 Å². The summed E-state index contributed by atoms with van der Waals surface area (Å²) in [4.78, 5) is 12.0. The van der Waals surface area contributed by atoms with Crippen LogP contribution in [0.5, 0.6) is 0 Å². The van der Waals surface area contributed by atoms with E-state index >= 15 is 0 Å². The lowest BCUT2D eigenvalue weighted by Crippen LogP contribution is -2.29. The molecule has 0 aromatic heterocycles. The molecule has 0 aliphatic carbocycles. The van der Waals surface area contributed by atoms with Crippen LogP contribution in [0.1, 0.15) is 11.1 Å². The molecule has 0 fully saturated rings. The van der Waals surface area contributed by atoms with Crippen LogP contribution in [0.3, 0.4) is 0 Å². The zero-order valence-corrected chi connectivity index (χ0v) is 13.2. The van der Waals surface area contributed by atoms with Gasteiger partial charge in [-0.25, -0.2) is 0 Å². The first-order chi connectivity index (χ1) is 11.2. The predicted molar refractivity (Wildman–Crippen MR) is 95.5 cm³/mol. The molecule has 3 nitrogen and oxygen atoms in total. The van der Waals surface area contributed by atoms with Crippen LogP contribution in [0, 0.1) is 6.92 Å². The van der Waals surface area contributed by atoms with E-state index in [0.29, 0.717) is 6.54 Å². The van der Waals surface area contributed by atoms with Gasteiger partial charge in [0.05, 0.1) is 6.54 Å². The van der Waals surface area contributed by atoms with Crippen molar-refractivity contribution in [2.75, 3.05) is 11.9 Å². The summed E-state index contributed by atoms with van der Waals surface area (Å²) in [6.45, 7) is 2.87. The maximum absolute atomic E-state index is 12.0. The maximum atomic E-state index is 12.0. The minimum absolute atomic E-state index is 0.0144. The SMILES string of the molecule is Cc1cccc(CNC(=O)CNc2cccc3ccccc23)c1. The highest BCUT2D eigenvalue weighted by Crippen LogP contribution is 2.22. The number of aryl methyl sites for hydroxylation is 1. The summed E-state index contributed by atoms with van der Waals surface area (Å²) < 4.78 is 0. The summed E-state index contributed by atoms with van der Waals surface area (Å²) in [7, 11) is 0. The lowest BCUT2D eigenvalue weighted by molar-refractivity contribution is -0.119. The van der Waals surface area contributed by atoms with Crippen LogP contribution >= 0.6 is 0 Å². The summed E-state index contributed by atoms with van der Waals surface area (Å²) in [5, 5.41) is 8.46. The van der Waals surface area contributed by atoms with Gasteiger partial charge in [-0.3, -0.25) is 4.79 Å². The molecule has 2 N–H and O–H groups in total. The number of carbonyl (C=O) groups is 1. The van der Waals surface area contributed by atoms with Gasteiger partial charge >= 0.3 is 0 Å². The number of amides is 1. The monoisotopic (exact) mass is 304 g/mol. The van der Waals surface area contributed by atoms with E-state index in [2.05, 4.69) is 34.9 Å². The molecule has 116 valence electrons. The highest BCUT2D eigenvalue weighted by molar-refractivity contribution is 5.95.